The zero-order valence-corrected chi connectivity index (χ0v) is 10.9. The van der Waals surface area contributed by atoms with Crippen LogP contribution in [0.5, 0.6) is 0 Å². The van der Waals surface area contributed by atoms with Gasteiger partial charge >= 0.3 is 0 Å². The van der Waals surface area contributed by atoms with Gasteiger partial charge in [-0.15, -0.1) is 0 Å². The molecule has 98 valence electrons. The number of nitrogens with zero attached hydrogens (tertiary/aromatic N) is 1. The summed E-state index contributed by atoms with van der Waals surface area (Å²) in [5, 5.41) is 10.1. The van der Waals surface area contributed by atoms with Crippen LogP contribution in [-0.4, -0.2) is 47.7 Å². The molecule has 0 bridgehead atoms. The predicted molar refractivity (Wildman–Crippen MR) is 62.2 cm³/mol. The van der Waals surface area contributed by atoms with Crippen LogP contribution in [0.2, 0.25) is 0 Å². The molecule has 2 amide bonds. The molecule has 5 heteroatoms. The summed E-state index contributed by atoms with van der Waals surface area (Å²) < 4.78 is 4.89. The third-order valence-corrected chi connectivity index (χ3v) is 3.40. The van der Waals surface area contributed by atoms with Crippen molar-refractivity contribution in [2.45, 2.75) is 32.8 Å². The van der Waals surface area contributed by atoms with Crippen LogP contribution in [0, 0.1) is 11.8 Å². The van der Waals surface area contributed by atoms with Crippen LogP contribution in [0.25, 0.3) is 0 Å². The lowest BCUT2D eigenvalue weighted by Gasteiger charge is -2.27. The molecule has 0 aromatic carbocycles. The Labute approximate surface area is 102 Å². The zero-order valence-electron chi connectivity index (χ0n) is 10.9. The van der Waals surface area contributed by atoms with Crippen LogP contribution in [0.3, 0.4) is 0 Å². The average molecular weight is 243 g/mol. The second-order valence-corrected chi connectivity index (χ2v) is 5.08. The van der Waals surface area contributed by atoms with E-state index in [4.69, 9.17) is 4.74 Å². The highest BCUT2D eigenvalue weighted by Gasteiger charge is 2.44. The highest BCUT2D eigenvalue weighted by atomic mass is 16.5. The van der Waals surface area contributed by atoms with E-state index in [-0.39, 0.29) is 30.2 Å². The Morgan fingerprint density at radius 1 is 1.29 bits per heavy atom. The molecule has 0 aromatic rings. The van der Waals surface area contributed by atoms with E-state index in [1.54, 1.807) is 27.9 Å². The van der Waals surface area contributed by atoms with Gasteiger partial charge in [0, 0.05) is 32.0 Å². The number of methoxy groups -OCH3 is 1. The van der Waals surface area contributed by atoms with Crippen LogP contribution in [0.4, 0.5) is 0 Å². The fourth-order valence-corrected chi connectivity index (χ4v) is 1.93. The summed E-state index contributed by atoms with van der Waals surface area (Å²) in [7, 11) is 1.55. The highest BCUT2D eigenvalue weighted by Crippen LogP contribution is 2.27. The van der Waals surface area contributed by atoms with Gasteiger partial charge in [-0.1, -0.05) is 13.8 Å². The second kappa shape index (κ2) is 5.14. The van der Waals surface area contributed by atoms with Crippen LogP contribution in [-0.2, 0) is 14.3 Å². The van der Waals surface area contributed by atoms with Gasteiger partial charge in [-0.2, -0.15) is 0 Å². The van der Waals surface area contributed by atoms with Gasteiger partial charge in [0.1, 0.15) is 0 Å². The van der Waals surface area contributed by atoms with Crippen molar-refractivity contribution < 1.29 is 19.4 Å². The van der Waals surface area contributed by atoms with E-state index in [0.29, 0.717) is 13.0 Å². The first kappa shape index (κ1) is 14.1. The molecule has 1 N–H and O–H groups in total. The number of hydrogen-bond acceptors (Lipinski definition) is 4. The number of likely N-dealkylation sites (tertiary alicyclic amines) is 1. The van der Waals surface area contributed by atoms with E-state index in [2.05, 4.69) is 0 Å². The Morgan fingerprint density at radius 2 is 1.76 bits per heavy atom. The summed E-state index contributed by atoms with van der Waals surface area (Å²) in [4.78, 5) is 24.9. The lowest BCUT2D eigenvalue weighted by molar-refractivity contribution is -0.144. The lowest BCUT2D eigenvalue weighted by atomic mass is 10.00. The summed E-state index contributed by atoms with van der Waals surface area (Å²) in [5.41, 5.74) is -1.09. The smallest absolute Gasteiger partial charge is 0.232 e. The maximum absolute atomic E-state index is 11.8. The van der Waals surface area contributed by atoms with Crippen molar-refractivity contribution in [2.75, 3.05) is 20.3 Å². The molecule has 3 unspecified atom stereocenters. The maximum atomic E-state index is 11.8. The Morgan fingerprint density at radius 3 is 2.18 bits per heavy atom. The standard InChI is InChI=1S/C12H21NO4/c1-8-9(2)11(15)13(10(8)14)7-12(3,16)5-6-17-4/h8-9,16H,5-7H2,1-4H3. The van der Waals surface area contributed by atoms with Gasteiger partial charge in [0.25, 0.3) is 0 Å². The Hall–Kier alpha value is -0.940. The molecule has 5 nitrogen and oxygen atoms in total. The van der Waals surface area contributed by atoms with Crippen molar-refractivity contribution in [2.24, 2.45) is 11.8 Å². The molecule has 3 atom stereocenters. The summed E-state index contributed by atoms with van der Waals surface area (Å²) in [5.74, 6) is -0.971. The maximum Gasteiger partial charge on any atom is 0.232 e. The van der Waals surface area contributed by atoms with Crippen molar-refractivity contribution in [1.82, 2.24) is 4.90 Å². The van der Waals surface area contributed by atoms with Gasteiger partial charge in [0.15, 0.2) is 0 Å². The van der Waals surface area contributed by atoms with E-state index < -0.39 is 5.60 Å². The molecule has 0 aliphatic carbocycles. The first-order chi connectivity index (χ1) is 7.80. The van der Waals surface area contributed by atoms with E-state index >= 15 is 0 Å². The number of ether oxygens (including phenoxy) is 1. The van der Waals surface area contributed by atoms with Crippen molar-refractivity contribution in [1.29, 1.82) is 0 Å². The zero-order chi connectivity index (χ0) is 13.2. The number of carbonyl (C=O) groups is 2. The molecule has 17 heavy (non-hydrogen) atoms. The van der Waals surface area contributed by atoms with Gasteiger partial charge in [0.05, 0.1) is 12.1 Å². The lowest BCUT2D eigenvalue weighted by Crippen LogP contribution is -2.44. The van der Waals surface area contributed by atoms with Crippen LogP contribution in [0.1, 0.15) is 27.2 Å². The third kappa shape index (κ3) is 3.04. The molecule has 1 aliphatic rings. The molecule has 1 saturated heterocycles. The topological polar surface area (TPSA) is 66.8 Å². The van der Waals surface area contributed by atoms with E-state index in [1.807, 2.05) is 0 Å². The fraction of sp³-hybridized carbons (Fsp3) is 0.833. The van der Waals surface area contributed by atoms with Crippen molar-refractivity contribution >= 4 is 11.8 Å². The fourth-order valence-electron chi connectivity index (χ4n) is 1.93. The minimum absolute atomic E-state index is 0.0444. The van der Waals surface area contributed by atoms with Gasteiger partial charge < -0.3 is 9.84 Å². The van der Waals surface area contributed by atoms with Gasteiger partial charge in [-0.05, 0) is 6.92 Å². The number of carbonyl (C=O) groups excluding carboxylic acids is 2. The molecule has 1 fully saturated rings. The number of rotatable bonds is 5. The van der Waals surface area contributed by atoms with E-state index in [1.165, 1.54) is 4.90 Å². The van der Waals surface area contributed by atoms with Gasteiger partial charge in [-0.25, -0.2) is 0 Å². The van der Waals surface area contributed by atoms with Crippen molar-refractivity contribution in [3.05, 3.63) is 0 Å². The minimum atomic E-state index is -1.09. The Kier molecular flexibility index (Phi) is 4.27. The SMILES string of the molecule is COCCC(C)(O)CN1C(=O)C(C)C(C)C1=O. The molecule has 1 aliphatic heterocycles. The van der Waals surface area contributed by atoms with Crippen molar-refractivity contribution in [3.8, 4) is 0 Å². The monoisotopic (exact) mass is 243 g/mol. The summed E-state index contributed by atoms with van der Waals surface area (Å²) >= 11 is 0. The normalized spacial score (nSPS) is 28.6. The second-order valence-electron chi connectivity index (χ2n) is 5.08. The van der Waals surface area contributed by atoms with Gasteiger partial charge in [-0.3, -0.25) is 14.5 Å². The molecule has 0 spiro atoms. The number of imide groups is 1. The predicted octanol–water partition coefficient (Wildman–Crippen LogP) is 0.415. The summed E-state index contributed by atoms with van der Waals surface area (Å²) in [6, 6.07) is 0. The summed E-state index contributed by atoms with van der Waals surface area (Å²) in [6.07, 6.45) is 0.392. The minimum Gasteiger partial charge on any atom is -0.388 e. The number of aliphatic hydroxyl groups is 1. The quantitative estimate of drug-likeness (QED) is 0.710. The van der Waals surface area contributed by atoms with E-state index in [9.17, 15) is 14.7 Å². The Bertz CT molecular complexity index is 294. The first-order valence-corrected chi connectivity index (χ1v) is 5.86. The number of hydrogen-bond donors (Lipinski definition) is 1. The van der Waals surface area contributed by atoms with Crippen LogP contribution < -0.4 is 0 Å². The highest BCUT2D eigenvalue weighted by molar-refractivity contribution is 6.04. The molecular formula is C12H21NO4. The third-order valence-electron chi connectivity index (χ3n) is 3.40. The molecule has 0 saturated carbocycles. The molecule has 0 aromatic heterocycles. The van der Waals surface area contributed by atoms with Crippen LogP contribution >= 0.6 is 0 Å². The molecular weight excluding hydrogens is 222 g/mol. The van der Waals surface area contributed by atoms with Crippen LogP contribution in [0.15, 0.2) is 0 Å². The molecule has 1 heterocycles. The molecule has 1 rings (SSSR count). The molecule has 0 radical (unpaired) electrons. The van der Waals surface area contributed by atoms with Gasteiger partial charge in [0.2, 0.25) is 11.8 Å². The number of β-amino-alcohol motifs (C(OH)–C–C–N with tert-alkyl or cyclic N) is 1. The Balaban J connectivity index is 2.68. The van der Waals surface area contributed by atoms with E-state index in [0.717, 1.165) is 0 Å². The summed E-state index contributed by atoms with van der Waals surface area (Å²) in [6.45, 7) is 5.54. The average Bonchev–Trinajstić information content (AvgIpc) is 2.44. The largest absolute Gasteiger partial charge is 0.388 e. The van der Waals surface area contributed by atoms with Crippen molar-refractivity contribution in [3.63, 3.8) is 0 Å². The first-order valence-electron chi connectivity index (χ1n) is 5.86. The number of amides is 2.